The Morgan fingerprint density at radius 3 is 2.32 bits per heavy atom. The van der Waals surface area contributed by atoms with E-state index in [2.05, 4.69) is 5.32 Å². The third kappa shape index (κ3) is 4.71. The topological polar surface area (TPSA) is 69.7 Å². The molecule has 0 radical (unpaired) electrons. The highest BCUT2D eigenvalue weighted by Gasteiger charge is 2.29. The van der Waals surface area contributed by atoms with E-state index in [-0.39, 0.29) is 11.4 Å². The van der Waals surface area contributed by atoms with Crippen molar-refractivity contribution in [2.45, 2.75) is 37.6 Å². The van der Waals surface area contributed by atoms with Gasteiger partial charge in [-0.3, -0.25) is 9.69 Å². The average Bonchev–Trinajstić information content (AvgIpc) is 2.67. The van der Waals surface area contributed by atoms with Crippen LogP contribution in [0.3, 0.4) is 0 Å². The Morgan fingerprint density at radius 1 is 1.04 bits per heavy atom. The molecular weight excluding hydrogens is 374 g/mol. The maximum Gasteiger partial charge on any atom is 0.243 e. The standard InChI is InChI=1S/C21H29N3O3S/c1-4-21(2,3)22-20(25)16-23-11-13-24(14-12-23)28(26,27)19-10-9-17-7-5-6-8-18(17)15-19/h5-10,15H,4,11-14,16H2,1-3H3,(H,22,25). The summed E-state index contributed by atoms with van der Waals surface area (Å²) in [7, 11) is -3.53. The third-order valence-corrected chi connectivity index (χ3v) is 7.31. The van der Waals surface area contributed by atoms with Gasteiger partial charge in [0.05, 0.1) is 11.4 Å². The number of fused-ring (bicyclic) bond motifs is 1. The van der Waals surface area contributed by atoms with Gasteiger partial charge in [-0.05, 0) is 43.2 Å². The van der Waals surface area contributed by atoms with E-state index in [1.54, 1.807) is 12.1 Å². The second kappa shape index (κ2) is 8.19. The van der Waals surface area contributed by atoms with E-state index in [0.717, 1.165) is 17.2 Å². The van der Waals surface area contributed by atoms with Gasteiger partial charge >= 0.3 is 0 Å². The predicted octanol–water partition coefficient (Wildman–Crippen LogP) is 2.45. The number of sulfonamides is 1. The lowest BCUT2D eigenvalue weighted by atomic mass is 10.0. The molecule has 1 aliphatic rings. The van der Waals surface area contributed by atoms with E-state index in [4.69, 9.17) is 0 Å². The summed E-state index contributed by atoms with van der Waals surface area (Å²) in [5.74, 6) is -0.0160. The van der Waals surface area contributed by atoms with E-state index >= 15 is 0 Å². The van der Waals surface area contributed by atoms with Crippen molar-refractivity contribution in [2.75, 3.05) is 32.7 Å². The van der Waals surface area contributed by atoms with Crippen LogP contribution in [0.5, 0.6) is 0 Å². The van der Waals surface area contributed by atoms with E-state index in [1.807, 2.05) is 56.0 Å². The van der Waals surface area contributed by atoms with Gasteiger partial charge in [0.25, 0.3) is 0 Å². The van der Waals surface area contributed by atoms with Crippen LogP contribution in [-0.4, -0.2) is 61.8 Å². The molecule has 1 saturated heterocycles. The fraction of sp³-hybridized carbons (Fsp3) is 0.476. The Hall–Kier alpha value is -1.96. The molecule has 0 bridgehead atoms. The lowest BCUT2D eigenvalue weighted by Gasteiger charge is -2.34. The Bertz CT molecular complexity index is 948. The number of hydrogen-bond donors (Lipinski definition) is 1. The van der Waals surface area contributed by atoms with Crippen molar-refractivity contribution in [1.29, 1.82) is 0 Å². The molecule has 1 fully saturated rings. The van der Waals surface area contributed by atoms with Crippen LogP contribution in [0, 0.1) is 0 Å². The molecule has 2 aromatic carbocycles. The minimum absolute atomic E-state index is 0.0160. The quantitative estimate of drug-likeness (QED) is 0.804. The van der Waals surface area contributed by atoms with Crippen molar-refractivity contribution in [3.05, 3.63) is 42.5 Å². The van der Waals surface area contributed by atoms with Crippen molar-refractivity contribution >= 4 is 26.7 Å². The molecular formula is C21H29N3O3S. The van der Waals surface area contributed by atoms with Gasteiger partial charge in [-0.25, -0.2) is 8.42 Å². The number of carbonyl (C=O) groups is 1. The van der Waals surface area contributed by atoms with Crippen molar-refractivity contribution in [3.8, 4) is 0 Å². The Kier molecular flexibility index (Phi) is 6.07. The number of amides is 1. The molecule has 3 rings (SSSR count). The summed E-state index contributed by atoms with van der Waals surface area (Å²) in [5.41, 5.74) is -0.224. The van der Waals surface area contributed by atoms with Crippen molar-refractivity contribution in [3.63, 3.8) is 0 Å². The molecule has 0 spiro atoms. The number of rotatable bonds is 6. The number of hydrogen-bond acceptors (Lipinski definition) is 4. The highest BCUT2D eigenvalue weighted by molar-refractivity contribution is 7.89. The zero-order chi connectivity index (χ0) is 20.4. The van der Waals surface area contributed by atoms with Gasteiger partial charge in [-0.1, -0.05) is 37.3 Å². The first kappa shape index (κ1) is 20.8. The summed E-state index contributed by atoms with van der Waals surface area (Å²) in [6, 6.07) is 13.0. The van der Waals surface area contributed by atoms with Gasteiger partial charge in [0.15, 0.2) is 0 Å². The van der Waals surface area contributed by atoms with E-state index in [9.17, 15) is 13.2 Å². The highest BCUT2D eigenvalue weighted by Crippen LogP contribution is 2.22. The van der Waals surface area contributed by atoms with Crippen molar-refractivity contribution < 1.29 is 13.2 Å². The first-order chi connectivity index (χ1) is 13.2. The predicted molar refractivity (Wildman–Crippen MR) is 112 cm³/mol. The molecule has 0 saturated carbocycles. The van der Waals surface area contributed by atoms with Gasteiger partial charge in [0, 0.05) is 31.7 Å². The Labute approximate surface area is 167 Å². The first-order valence-corrected chi connectivity index (χ1v) is 11.2. The molecule has 0 atom stereocenters. The lowest BCUT2D eigenvalue weighted by Crippen LogP contribution is -2.53. The molecule has 7 heteroatoms. The second-order valence-corrected chi connectivity index (χ2v) is 9.91. The van der Waals surface area contributed by atoms with Crippen molar-refractivity contribution in [1.82, 2.24) is 14.5 Å². The Morgan fingerprint density at radius 2 is 1.68 bits per heavy atom. The molecule has 1 heterocycles. The van der Waals surface area contributed by atoms with E-state index in [0.29, 0.717) is 37.6 Å². The van der Waals surface area contributed by atoms with Crippen LogP contribution < -0.4 is 5.32 Å². The molecule has 28 heavy (non-hydrogen) atoms. The number of carbonyl (C=O) groups excluding carboxylic acids is 1. The highest BCUT2D eigenvalue weighted by atomic mass is 32.2. The monoisotopic (exact) mass is 403 g/mol. The maximum absolute atomic E-state index is 13.0. The van der Waals surface area contributed by atoms with Crippen molar-refractivity contribution in [2.24, 2.45) is 0 Å². The van der Waals surface area contributed by atoms with Gasteiger partial charge in [0.2, 0.25) is 15.9 Å². The van der Waals surface area contributed by atoms with Crippen LogP contribution >= 0.6 is 0 Å². The summed E-state index contributed by atoms with van der Waals surface area (Å²) in [4.78, 5) is 14.6. The maximum atomic E-state index is 13.0. The zero-order valence-corrected chi connectivity index (χ0v) is 17.6. The number of nitrogens with one attached hydrogen (secondary N) is 1. The largest absolute Gasteiger partial charge is 0.350 e. The SMILES string of the molecule is CCC(C)(C)NC(=O)CN1CCN(S(=O)(=O)c2ccc3ccccc3c2)CC1. The number of benzene rings is 2. The summed E-state index contributed by atoms with van der Waals surface area (Å²) >= 11 is 0. The van der Waals surface area contributed by atoms with Gasteiger partial charge in [0.1, 0.15) is 0 Å². The molecule has 0 unspecified atom stereocenters. The molecule has 152 valence electrons. The molecule has 1 N–H and O–H groups in total. The summed E-state index contributed by atoms with van der Waals surface area (Å²) < 4.78 is 27.5. The number of nitrogens with zero attached hydrogens (tertiary/aromatic N) is 2. The van der Waals surface area contributed by atoms with Gasteiger partial charge in [-0.2, -0.15) is 4.31 Å². The fourth-order valence-corrected chi connectivity index (χ4v) is 4.77. The third-order valence-electron chi connectivity index (χ3n) is 5.42. The lowest BCUT2D eigenvalue weighted by molar-refractivity contribution is -0.124. The summed E-state index contributed by atoms with van der Waals surface area (Å²) in [6.07, 6.45) is 0.858. The fourth-order valence-electron chi connectivity index (χ4n) is 3.31. The summed E-state index contributed by atoms with van der Waals surface area (Å²) in [5, 5.41) is 4.96. The molecule has 1 amide bonds. The normalized spacial score (nSPS) is 17.0. The van der Waals surface area contributed by atoms with Crippen LogP contribution in [0.15, 0.2) is 47.4 Å². The van der Waals surface area contributed by atoms with E-state index < -0.39 is 10.0 Å². The van der Waals surface area contributed by atoms with Crippen LogP contribution in [0.25, 0.3) is 10.8 Å². The molecule has 1 aliphatic heterocycles. The van der Waals surface area contributed by atoms with Gasteiger partial charge in [-0.15, -0.1) is 0 Å². The smallest absolute Gasteiger partial charge is 0.243 e. The van der Waals surface area contributed by atoms with Crippen LogP contribution in [-0.2, 0) is 14.8 Å². The molecule has 6 nitrogen and oxygen atoms in total. The Balaban J connectivity index is 1.62. The molecule has 2 aromatic rings. The minimum Gasteiger partial charge on any atom is -0.350 e. The number of piperazine rings is 1. The van der Waals surface area contributed by atoms with E-state index in [1.165, 1.54) is 4.31 Å². The van der Waals surface area contributed by atoms with Crippen LogP contribution in [0.1, 0.15) is 27.2 Å². The zero-order valence-electron chi connectivity index (χ0n) is 16.8. The first-order valence-electron chi connectivity index (χ1n) is 9.73. The average molecular weight is 404 g/mol. The summed E-state index contributed by atoms with van der Waals surface area (Å²) in [6.45, 7) is 8.21. The molecule has 0 aliphatic carbocycles. The van der Waals surface area contributed by atoms with Crippen LogP contribution in [0.2, 0.25) is 0 Å². The van der Waals surface area contributed by atoms with Crippen LogP contribution in [0.4, 0.5) is 0 Å². The minimum atomic E-state index is -3.53. The van der Waals surface area contributed by atoms with Gasteiger partial charge < -0.3 is 5.32 Å². The second-order valence-electron chi connectivity index (χ2n) is 7.97. The molecule has 0 aromatic heterocycles.